The molecule has 2 atom stereocenters. The molecule has 0 aliphatic rings. The number of benzene rings is 1. The van der Waals surface area contributed by atoms with Gasteiger partial charge in [-0.3, -0.25) is 0 Å². The van der Waals surface area contributed by atoms with Crippen LogP contribution in [0.1, 0.15) is 57.9 Å². The Hall–Kier alpha value is -0.0300. The van der Waals surface area contributed by atoms with Crippen LogP contribution in [0, 0.1) is 0 Å². The minimum atomic E-state index is -1.29. The van der Waals surface area contributed by atoms with Gasteiger partial charge in [-0.25, -0.2) is 0 Å². The Morgan fingerprint density at radius 1 is 1.32 bits per heavy atom. The summed E-state index contributed by atoms with van der Waals surface area (Å²) in [6.45, 7) is 6.17. The Morgan fingerprint density at radius 3 is 2.37 bits per heavy atom. The second-order valence-electron chi connectivity index (χ2n) is 5.65. The molecular weight excluding hydrogens is 322 g/mol. The van der Waals surface area contributed by atoms with Crippen LogP contribution in [0.4, 0.5) is 0 Å². The van der Waals surface area contributed by atoms with E-state index in [1.165, 1.54) is 18.4 Å². The number of hydrogen-bond acceptors (Lipinski definition) is 2. The Morgan fingerprint density at radius 2 is 1.89 bits per heavy atom. The fourth-order valence-electron chi connectivity index (χ4n) is 2.25. The highest BCUT2D eigenvalue weighted by Crippen LogP contribution is 2.34. The Labute approximate surface area is 128 Å². The van der Waals surface area contributed by atoms with E-state index in [-0.39, 0.29) is 4.75 Å². The van der Waals surface area contributed by atoms with E-state index in [9.17, 15) is 4.55 Å². The van der Waals surface area contributed by atoms with E-state index in [4.69, 9.17) is 5.14 Å². The predicted molar refractivity (Wildman–Crippen MR) is 87.4 cm³/mol. The first-order valence-corrected chi connectivity index (χ1v) is 8.79. The molecule has 0 amide bonds. The Balaban J connectivity index is 2.85. The summed E-state index contributed by atoms with van der Waals surface area (Å²) in [7, 11) is 0. The molecule has 4 heteroatoms. The van der Waals surface area contributed by atoms with Gasteiger partial charge in [-0.2, -0.15) is 5.14 Å². The molecule has 0 heterocycles. The summed E-state index contributed by atoms with van der Waals surface area (Å²) in [4.78, 5) is 0. The van der Waals surface area contributed by atoms with Crippen molar-refractivity contribution in [3.8, 4) is 0 Å². The SMILES string of the molecule is CCCCC(CC(C)(C)[S+](N)[O-])c1ccc(Br)cc1. The topological polar surface area (TPSA) is 49.1 Å². The van der Waals surface area contributed by atoms with Gasteiger partial charge in [-0.15, -0.1) is 0 Å². The molecule has 19 heavy (non-hydrogen) atoms. The van der Waals surface area contributed by atoms with Crippen LogP contribution in [-0.4, -0.2) is 9.30 Å². The highest BCUT2D eigenvalue weighted by atomic mass is 79.9. The van der Waals surface area contributed by atoms with Crippen molar-refractivity contribution in [3.63, 3.8) is 0 Å². The summed E-state index contributed by atoms with van der Waals surface area (Å²) < 4.78 is 12.4. The molecule has 0 aliphatic carbocycles. The zero-order valence-electron chi connectivity index (χ0n) is 12.0. The molecule has 0 aromatic heterocycles. The summed E-state index contributed by atoms with van der Waals surface area (Å²) in [6, 6.07) is 8.45. The van der Waals surface area contributed by atoms with Crippen LogP contribution in [0.5, 0.6) is 0 Å². The molecule has 0 aliphatic heterocycles. The van der Waals surface area contributed by atoms with Gasteiger partial charge in [0.25, 0.3) is 0 Å². The zero-order chi connectivity index (χ0) is 14.5. The van der Waals surface area contributed by atoms with Crippen LogP contribution >= 0.6 is 15.9 Å². The van der Waals surface area contributed by atoms with Crippen molar-refractivity contribution >= 4 is 27.3 Å². The third kappa shape index (κ3) is 5.46. The molecule has 0 saturated carbocycles. The lowest BCUT2D eigenvalue weighted by atomic mass is 9.86. The van der Waals surface area contributed by atoms with Crippen molar-refractivity contribution in [1.82, 2.24) is 0 Å². The molecule has 0 bridgehead atoms. The van der Waals surface area contributed by atoms with E-state index in [0.29, 0.717) is 5.92 Å². The normalized spacial score (nSPS) is 15.3. The first kappa shape index (κ1) is 17.0. The van der Waals surface area contributed by atoms with Gasteiger partial charge >= 0.3 is 0 Å². The minimum Gasteiger partial charge on any atom is -0.598 e. The van der Waals surface area contributed by atoms with Gasteiger partial charge in [0.1, 0.15) is 4.75 Å². The molecule has 2 unspecified atom stereocenters. The summed E-state index contributed by atoms with van der Waals surface area (Å²) in [5.74, 6) is 0.426. The van der Waals surface area contributed by atoms with Gasteiger partial charge in [0.2, 0.25) is 0 Å². The van der Waals surface area contributed by atoms with Gasteiger partial charge in [-0.1, -0.05) is 47.8 Å². The van der Waals surface area contributed by atoms with E-state index in [2.05, 4.69) is 47.1 Å². The minimum absolute atomic E-state index is 0.342. The van der Waals surface area contributed by atoms with Gasteiger partial charge in [-0.05, 0) is 43.9 Å². The second kappa shape index (κ2) is 7.67. The first-order chi connectivity index (χ1) is 8.86. The molecule has 1 aromatic carbocycles. The average Bonchev–Trinajstić information content (AvgIpc) is 2.35. The maximum absolute atomic E-state index is 11.6. The number of nitrogens with two attached hydrogens (primary N) is 1. The van der Waals surface area contributed by atoms with E-state index < -0.39 is 11.4 Å². The molecule has 1 rings (SSSR count). The van der Waals surface area contributed by atoms with Crippen LogP contribution in [0.15, 0.2) is 28.7 Å². The molecule has 2 nitrogen and oxygen atoms in total. The van der Waals surface area contributed by atoms with Gasteiger partial charge < -0.3 is 4.55 Å². The molecule has 0 saturated heterocycles. The lowest BCUT2D eigenvalue weighted by Gasteiger charge is -2.29. The standard InChI is InChI=1S/C15H24BrNOS/c1-4-5-6-13(11-15(2,3)19(17)18)12-7-9-14(16)10-8-12/h7-10,13H,4-6,11,17H2,1-3H3. The molecule has 0 fully saturated rings. The predicted octanol–water partition coefficient (Wildman–Crippen LogP) is 4.51. The van der Waals surface area contributed by atoms with Crippen LogP contribution in [0.2, 0.25) is 0 Å². The van der Waals surface area contributed by atoms with Crippen molar-refractivity contribution in [2.24, 2.45) is 5.14 Å². The number of unbranched alkanes of at least 4 members (excludes halogenated alkanes) is 1. The third-order valence-corrected chi connectivity index (χ3v) is 5.31. The summed E-state index contributed by atoms with van der Waals surface area (Å²) in [5.41, 5.74) is 1.31. The lowest BCUT2D eigenvalue weighted by Crippen LogP contribution is -2.39. The highest BCUT2D eigenvalue weighted by Gasteiger charge is 2.33. The smallest absolute Gasteiger partial charge is 0.140 e. The van der Waals surface area contributed by atoms with Crippen molar-refractivity contribution in [2.45, 2.75) is 57.1 Å². The monoisotopic (exact) mass is 345 g/mol. The maximum Gasteiger partial charge on any atom is 0.140 e. The first-order valence-electron chi connectivity index (χ1n) is 6.78. The van der Waals surface area contributed by atoms with Crippen LogP contribution in [0.3, 0.4) is 0 Å². The number of hydrogen-bond donors (Lipinski definition) is 1. The lowest BCUT2D eigenvalue weighted by molar-refractivity contribution is 0.460. The van der Waals surface area contributed by atoms with Gasteiger partial charge in [0.05, 0.1) is 0 Å². The largest absolute Gasteiger partial charge is 0.598 e. The van der Waals surface area contributed by atoms with Gasteiger partial charge in [0.15, 0.2) is 0 Å². The summed E-state index contributed by atoms with van der Waals surface area (Å²) in [5, 5.41) is 5.61. The van der Waals surface area contributed by atoms with E-state index in [1.807, 2.05) is 13.8 Å². The quantitative estimate of drug-likeness (QED) is 0.738. The van der Waals surface area contributed by atoms with Crippen LogP contribution in [-0.2, 0) is 11.4 Å². The van der Waals surface area contributed by atoms with Crippen molar-refractivity contribution in [3.05, 3.63) is 34.3 Å². The average molecular weight is 346 g/mol. The Bertz CT molecular complexity index is 378. The van der Waals surface area contributed by atoms with Crippen molar-refractivity contribution in [1.29, 1.82) is 0 Å². The molecule has 108 valence electrons. The Kier molecular flexibility index (Phi) is 6.87. The molecule has 2 N–H and O–H groups in total. The van der Waals surface area contributed by atoms with Crippen molar-refractivity contribution < 1.29 is 4.55 Å². The molecule has 0 spiro atoms. The summed E-state index contributed by atoms with van der Waals surface area (Å²) in [6.07, 6.45) is 4.35. The summed E-state index contributed by atoms with van der Waals surface area (Å²) >= 11 is 2.17. The highest BCUT2D eigenvalue weighted by molar-refractivity contribution is 9.10. The van der Waals surface area contributed by atoms with E-state index in [0.717, 1.165) is 17.3 Å². The molecular formula is C15H24BrNOS. The molecule has 0 radical (unpaired) electrons. The fraction of sp³-hybridized carbons (Fsp3) is 0.600. The van der Waals surface area contributed by atoms with Crippen LogP contribution < -0.4 is 5.14 Å². The van der Waals surface area contributed by atoms with E-state index in [1.54, 1.807) is 0 Å². The maximum atomic E-state index is 11.6. The van der Waals surface area contributed by atoms with Gasteiger partial charge in [0, 0.05) is 22.3 Å². The zero-order valence-corrected chi connectivity index (χ0v) is 14.4. The van der Waals surface area contributed by atoms with Crippen LogP contribution in [0.25, 0.3) is 0 Å². The fourth-order valence-corrected chi connectivity index (χ4v) is 2.88. The van der Waals surface area contributed by atoms with Crippen molar-refractivity contribution in [2.75, 3.05) is 0 Å². The van der Waals surface area contributed by atoms with E-state index >= 15 is 0 Å². The second-order valence-corrected chi connectivity index (χ2v) is 8.27. The number of rotatable bonds is 7. The molecule has 1 aromatic rings. The number of halogens is 1. The third-order valence-electron chi connectivity index (χ3n) is 3.53.